The molecule has 6 heteroatoms. The quantitative estimate of drug-likeness (QED) is 0.766. The molecule has 2 aromatic rings. The minimum atomic E-state index is -0.213. The van der Waals surface area contributed by atoms with Gasteiger partial charge in [-0.3, -0.25) is 4.68 Å². The van der Waals surface area contributed by atoms with E-state index in [1.165, 1.54) is 6.07 Å². The zero-order valence-corrected chi connectivity index (χ0v) is 14.2. The third kappa shape index (κ3) is 4.13. The zero-order chi connectivity index (χ0) is 16.9. The monoisotopic (exact) mass is 333 g/mol. The maximum absolute atomic E-state index is 14.4. The first kappa shape index (κ1) is 16.9. The van der Waals surface area contributed by atoms with Crippen LogP contribution >= 0.6 is 0 Å². The summed E-state index contributed by atoms with van der Waals surface area (Å²) in [6.45, 7) is 2.03. The average molecular weight is 333 g/mol. The van der Waals surface area contributed by atoms with Crippen molar-refractivity contribution >= 4 is 0 Å². The van der Waals surface area contributed by atoms with E-state index in [0.717, 1.165) is 24.9 Å². The average Bonchev–Trinajstić information content (AvgIpc) is 3.33. The Morgan fingerprint density at radius 1 is 1.38 bits per heavy atom. The van der Waals surface area contributed by atoms with E-state index in [2.05, 4.69) is 10.4 Å². The predicted molar refractivity (Wildman–Crippen MR) is 89.4 cm³/mol. The summed E-state index contributed by atoms with van der Waals surface area (Å²) in [5.41, 5.74) is 1.80. The Morgan fingerprint density at radius 2 is 2.21 bits per heavy atom. The second-order valence-electron chi connectivity index (χ2n) is 6.19. The normalized spacial score (nSPS) is 15.5. The van der Waals surface area contributed by atoms with E-state index in [1.54, 1.807) is 14.2 Å². The maximum atomic E-state index is 14.4. The number of hydrogen-bond acceptors (Lipinski definition) is 4. The minimum Gasteiger partial charge on any atom is -0.497 e. The van der Waals surface area contributed by atoms with Crippen molar-refractivity contribution in [3.63, 3.8) is 0 Å². The summed E-state index contributed by atoms with van der Waals surface area (Å²) in [6.07, 6.45) is 6.11. The van der Waals surface area contributed by atoms with Crippen molar-refractivity contribution in [3.05, 3.63) is 47.5 Å². The molecule has 0 radical (unpaired) electrons. The first-order chi connectivity index (χ1) is 11.7. The van der Waals surface area contributed by atoms with Crippen LogP contribution in [0, 0.1) is 11.7 Å². The van der Waals surface area contributed by atoms with Crippen LogP contribution in [0.15, 0.2) is 30.6 Å². The van der Waals surface area contributed by atoms with E-state index in [-0.39, 0.29) is 11.9 Å². The molecule has 1 saturated carbocycles. The highest BCUT2D eigenvalue weighted by Crippen LogP contribution is 2.42. The van der Waals surface area contributed by atoms with E-state index in [1.807, 2.05) is 29.2 Å². The Bertz CT molecular complexity index is 670. The lowest BCUT2D eigenvalue weighted by atomic mass is 10.0. The molecule has 1 aromatic carbocycles. The van der Waals surface area contributed by atoms with Crippen molar-refractivity contribution in [1.82, 2.24) is 15.1 Å². The van der Waals surface area contributed by atoms with Gasteiger partial charge in [0.2, 0.25) is 0 Å². The fourth-order valence-corrected chi connectivity index (χ4v) is 2.88. The number of halogens is 1. The molecule has 5 nitrogen and oxygen atoms in total. The molecule has 1 fully saturated rings. The Kier molecular flexibility index (Phi) is 5.48. The van der Waals surface area contributed by atoms with Gasteiger partial charge in [-0.2, -0.15) is 5.10 Å². The van der Waals surface area contributed by atoms with Gasteiger partial charge < -0.3 is 14.8 Å². The number of benzene rings is 1. The van der Waals surface area contributed by atoms with E-state index in [9.17, 15) is 4.39 Å². The van der Waals surface area contributed by atoms with Gasteiger partial charge >= 0.3 is 0 Å². The van der Waals surface area contributed by atoms with Crippen LogP contribution < -0.4 is 10.1 Å². The fraction of sp³-hybridized carbons (Fsp3) is 0.500. The zero-order valence-electron chi connectivity index (χ0n) is 14.2. The number of methoxy groups -OCH3 is 2. The molecular formula is C18H24FN3O2. The Hall–Kier alpha value is -1.92. The second kappa shape index (κ2) is 7.77. The van der Waals surface area contributed by atoms with Crippen molar-refractivity contribution in [2.24, 2.45) is 5.92 Å². The van der Waals surface area contributed by atoms with Crippen molar-refractivity contribution < 1.29 is 13.9 Å². The highest BCUT2D eigenvalue weighted by Gasteiger charge is 2.33. The minimum absolute atomic E-state index is 0.0261. The van der Waals surface area contributed by atoms with Crippen molar-refractivity contribution in [3.8, 4) is 5.75 Å². The lowest BCUT2D eigenvalue weighted by Gasteiger charge is -2.19. The van der Waals surface area contributed by atoms with Crippen LogP contribution in [-0.4, -0.2) is 30.6 Å². The van der Waals surface area contributed by atoms with Crippen LogP contribution in [0.1, 0.15) is 30.0 Å². The first-order valence-electron chi connectivity index (χ1n) is 8.28. The number of ether oxygens (including phenoxy) is 2. The molecule has 1 N–H and O–H groups in total. The number of hydrogen-bond donors (Lipinski definition) is 1. The maximum Gasteiger partial charge on any atom is 0.131 e. The SMILES string of the molecule is COCCn1cc(CNC(c2ccc(OC)cc2F)C2CC2)cn1. The Labute approximate surface area is 141 Å². The van der Waals surface area contributed by atoms with Gasteiger partial charge in [0.05, 0.1) is 26.5 Å². The molecule has 3 rings (SSSR count). The summed E-state index contributed by atoms with van der Waals surface area (Å²) in [4.78, 5) is 0. The van der Waals surface area contributed by atoms with Gasteiger partial charge in [0.25, 0.3) is 0 Å². The van der Waals surface area contributed by atoms with E-state index < -0.39 is 0 Å². The second-order valence-corrected chi connectivity index (χ2v) is 6.19. The molecule has 0 amide bonds. The molecule has 1 atom stereocenters. The molecule has 24 heavy (non-hydrogen) atoms. The smallest absolute Gasteiger partial charge is 0.131 e. The Balaban J connectivity index is 1.65. The summed E-state index contributed by atoms with van der Waals surface area (Å²) in [6, 6.07) is 5.12. The predicted octanol–water partition coefficient (Wildman–Crippen LogP) is 2.92. The molecule has 1 aromatic heterocycles. The van der Waals surface area contributed by atoms with E-state index >= 15 is 0 Å². The van der Waals surface area contributed by atoms with Crippen LogP contribution in [0.4, 0.5) is 4.39 Å². The largest absolute Gasteiger partial charge is 0.497 e. The molecule has 1 aliphatic carbocycles. The molecule has 130 valence electrons. The van der Waals surface area contributed by atoms with Gasteiger partial charge in [-0.15, -0.1) is 0 Å². The third-order valence-electron chi connectivity index (χ3n) is 4.37. The van der Waals surface area contributed by atoms with Gasteiger partial charge in [0, 0.05) is 43.1 Å². The summed E-state index contributed by atoms with van der Waals surface area (Å²) in [7, 11) is 3.22. The van der Waals surface area contributed by atoms with Gasteiger partial charge in [-0.1, -0.05) is 6.07 Å². The van der Waals surface area contributed by atoms with Crippen molar-refractivity contribution in [2.75, 3.05) is 20.8 Å². The van der Waals surface area contributed by atoms with E-state index in [0.29, 0.717) is 30.4 Å². The van der Waals surface area contributed by atoms with E-state index in [4.69, 9.17) is 9.47 Å². The summed E-state index contributed by atoms with van der Waals surface area (Å²) in [5, 5.41) is 7.81. The van der Waals surface area contributed by atoms with Gasteiger partial charge in [-0.25, -0.2) is 4.39 Å². The van der Waals surface area contributed by atoms with Gasteiger partial charge in [0.15, 0.2) is 0 Å². The number of nitrogens with zero attached hydrogens (tertiary/aromatic N) is 2. The highest BCUT2D eigenvalue weighted by atomic mass is 19.1. The molecule has 0 aliphatic heterocycles. The highest BCUT2D eigenvalue weighted by molar-refractivity contribution is 5.32. The molecule has 0 spiro atoms. The lowest BCUT2D eigenvalue weighted by molar-refractivity contribution is 0.183. The molecule has 1 aliphatic rings. The summed E-state index contributed by atoms with van der Waals surface area (Å²) < 4.78 is 26.4. The van der Waals surface area contributed by atoms with Crippen LogP contribution in [0.25, 0.3) is 0 Å². The standard InChI is InChI=1S/C18H24FN3O2/c1-23-8-7-22-12-13(11-21-22)10-20-18(14-3-4-14)16-6-5-15(24-2)9-17(16)19/h5-6,9,11-12,14,18,20H,3-4,7-8,10H2,1-2H3. The van der Waals surface area contributed by atoms with Gasteiger partial charge in [0.1, 0.15) is 11.6 Å². The Morgan fingerprint density at radius 3 is 2.88 bits per heavy atom. The van der Waals surface area contributed by atoms with Crippen molar-refractivity contribution in [2.45, 2.75) is 32.0 Å². The van der Waals surface area contributed by atoms with Crippen LogP contribution in [0.3, 0.4) is 0 Å². The molecule has 1 unspecified atom stereocenters. The fourth-order valence-electron chi connectivity index (χ4n) is 2.88. The number of rotatable bonds is 9. The molecule has 0 saturated heterocycles. The summed E-state index contributed by atoms with van der Waals surface area (Å²) in [5.74, 6) is 0.830. The topological polar surface area (TPSA) is 48.3 Å². The van der Waals surface area contributed by atoms with Crippen LogP contribution in [0.2, 0.25) is 0 Å². The third-order valence-corrected chi connectivity index (χ3v) is 4.37. The van der Waals surface area contributed by atoms with Gasteiger partial charge in [-0.05, 0) is 24.8 Å². The summed E-state index contributed by atoms with van der Waals surface area (Å²) >= 11 is 0. The number of aromatic nitrogens is 2. The lowest BCUT2D eigenvalue weighted by Crippen LogP contribution is -2.23. The van der Waals surface area contributed by atoms with Crippen LogP contribution in [-0.2, 0) is 17.8 Å². The molecular weight excluding hydrogens is 309 g/mol. The first-order valence-corrected chi connectivity index (χ1v) is 8.28. The number of nitrogens with one attached hydrogen (secondary N) is 1. The molecule has 1 heterocycles. The molecule has 0 bridgehead atoms. The van der Waals surface area contributed by atoms with Crippen molar-refractivity contribution in [1.29, 1.82) is 0 Å². The van der Waals surface area contributed by atoms with Crippen LogP contribution in [0.5, 0.6) is 5.75 Å².